The number of carbonyl (C=O) groups is 12. The monoisotopic (exact) mass is 1380 g/mol. The van der Waals surface area contributed by atoms with Gasteiger partial charge in [-0.25, -0.2) is 4.39 Å². The van der Waals surface area contributed by atoms with E-state index in [2.05, 4.69) is 16.0 Å². The summed E-state index contributed by atoms with van der Waals surface area (Å²) in [5.41, 5.74) is -3.05. The van der Waals surface area contributed by atoms with Crippen LogP contribution in [-0.4, -0.2) is 251 Å². The number of likely N-dealkylation sites (tertiary alicyclic amines) is 1. The predicted octanol–water partition coefficient (Wildman–Crippen LogP) is 4.98. The van der Waals surface area contributed by atoms with Crippen molar-refractivity contribution in [1.29, 1.82) is 0 Å². The summed E-state index contributed by atoms with van der Waals surface area (Å²) in [6.45, 7) is 9.76. The van der Waals surface area contributed by atoms with E-state index in [9.17, 15) is 51.5 Å². The molecule has 2 aliphatic carbocycles. The number of nitrogens with zero attached hydrogens (tertiary/aromatic N) is 9. The molecule has 5 aliphatic rings. The van der Waals surface area contributed by atoms with Crippen LogP contribution < -0.4 is 16.0 Å². The fourth-order valence-electron chi connectivity index (χ4n) is 14.5. The van der Waals surface area contributed by atoms with E-state index in [0.29, 0.717) is 57.3 Å². The lowest BCUT2D eigenvalue weighted by atomic mass is 9.84. The molecule has 12 amide bonds. The number of piperidine rings is 1. The zero-order valence-electron chi connectivity index (χ0n) is 59.9. The largest absolute Gasteiger partial charge is 0.419 e. The first-order valence-corrected chi connectivity index (χ1v) is 35.1. The average Bonchev–Trinajstić information content (AvgIpc) is 1.50. The van der Waals surface area contributed by atoms with Crippen LogP contribution in [0.25, 0.3) is 0 Å². The molecule has 0 aromatic heterocycles. The Hall–Kier alpha value is -7.42. The molecular formula is C70H108F4N12O12. The Balaban J connectivity index is 1.42. The maximum Gasteiger partial charge on any atom is 0.419 e. The lowest BCUT2D eigenvalue weighted by Crippen LogP contribution is -2.64. The van der Waals surface area contributed by atoms with Crippen molar-refractivity contribution in [2.24, 2.45) is 23.7 Å². The second-order valence-corrected chi connectivity index (χ2v) is 29.3. The first-order valence-electron chi connectivity index (χ1n) is 35.1. The van der Waals surface area contributed by atoms with Crippen LogP contribution in [0.15, 0.2) is 18.2 Å². The molecule has 5 fully saturated rings. The van der Waals surface area contributed by atoms with Crippen LogP contribution in [0.3, 0.4) is 0 Å². The molecule has 1 aromatic carbocycles. The van der Waals surface area contributed by atoms with Gasteiger partial charge in [-0.2, -0.15) is 13.2 Å². The van der Waals surface area contributed by atoms with Crippen LogP contribution in [0.2, 0.25) is 0 Å². The van der Waals surface area contributed by atoms with Gasteiger partial charge in [0.1, 0.15) is 53.6 Å². The van der Waals surface area contributed by atoms with Crippen molar-refractivity contribution in [3.8, 4) is 0 Å². The van der Waals surface area contributed by atoms with E-state index in [0.717, 1.165) is 59.3 Å². The fraction of sp³-hybridized carbons (Fsp3) is 0.743. The molecule has 6 rings (SSSR count). The number of hydrogen-bond acceptors (Lipinski definition) is 12. The maximum absolute atomic E-state index is 15.4. The minimum atomic E-state index is -5.00. The Bertz CT molecular complexity index is 3040. The highest BCUT2D eigenvalue weighted by atomic mass is 19.4. The number of fused-ring (bicyclic) bond motifs is 1. The van der Waals surface area contributed by atoms with Crippen molar-refractivity contribution < 1.29 is 75.1 Å². The Morgan fingerprint density at radius 2 is 1.16 bits per heavy atom. The van der Waals surface area contributed by atoms with E-state index in [4.69, 9.17) is 0 Å². The first kappa shape index (κ1) is 79.6. The maximum atomic E-state index is 15.4. The Labute approximate surface area is 575 Å². The molecule has 24 nitrogen and oxygen atoms in total. The molecule has 2 saturated carbocycles. The van der Waals surface area contributed by atoms with Crippen molar-refractivity contribution in [2.45, 2.75) is 224 Å². The van der Waals surface area contributed by atoms with Gasteiger partial charge in [-0.15, -0.1) is 0 Å². The lowest BCUT2D eigenvalue weighted by Gasteiger charge is -2.41. The quantitative estimate of drug-likeness (QED) is 0.248. The third-order valence-corrected chi connectivity index (χ3v) is 20.5. The van der Waals surface area contributed by atoms with Crippen LogP contribution >= 0.6 is 0 Å². The van der Waals surface area contributed by atoms with E-state index in [1.165, 1.54) is 73.8 Å². The number of alkyl halides is 3. The number of carbonyl (C=O) groups excluding carboxylic acids is 12. The van der Waals surface area contributed by atoms with Gasteiger partial charge in [-0.3, -0.25) is 57.5 Å². The molecule has 3 aliphatic heterocycles. The highest BCUT2D eigenvalue weighted by Gasteiger charge is 2.50. The first-order chi connectivity index (χ1) is 46.0. The molecule has 3 saturated heterocycles. The van der Waals surface area contributed by atoms with Gasteiger partial charge in [-0.05, 0) is 118 Å². The molecule has 1 spiro atoms. The van der Waals surface area contributed by atoms with Crippen molar-refractivity contribution in [2.75, 3.05) is 88.6 Å². The van der Waals surface area contributed by atoms with Gasteiger partial charge in [0, 0.05) is 69.0 Å². The zero-order valence-corrected chi connectivity index (χ0v) is 59.9. The molecule has 28 heteroatoms. The summed E-state index contributed by atoms with van der Waals surface area (Å²) < 4.78 is 56.1. The zero-order chi connectivity index (χ0) is 72.8. The average molecular weight is 1390 g/mol. The van der Waals surface area contributed by atoms with Crippen molar-refractivity contribution >= 4 is 70.9 Å². The minimum absolute atomic E-state index is 0.00143. The summed E-state index contributed by atoms with van der Waals surface area (Å²) in [5.74, 6) is -10.7. The molecule has 3 heterocycles. The van der Waals surface area contributed by atoms with Gasteiger partial charge in [0.2, 0.25) is 70.9 Å². The smallest absolute Gasteiger partial charge is 0.343 e. The topological polar surface area (TPSA) is 270 Å². The predicted molar refractivity (Wildman–Crippen MR) is 357 cm³/mol. The number of aryl methyl sites for hydroxylation is 1. The summed E-state index contributed by atoms with van der Waals surface area (Å²) in [6.07, 6.45) is 2.39. The summed E-state index contributed by atoms with van der Waals surface area (Å²) in [6, 6.07) is -6.66. The number of benzene rings is 1. The van der Waals surface area contributed by atoms with Crippen LogP contribution in [0.4, 0.5) is 17.6 Å². The molecule has 0 bridgehead atoms. The summed E-state index contributed by atoms with van der Waals surface area (Å²) in [7, 11) is 9.75. The van der Waals surface area contributed by atoms with Gasteiger partial charge in [-0.1, -0.05) is 92.6 Å². The molecule has 548 valence electrons. The van der Waals surface area contributed by atoms with Crippen LogP contribution in [0.1, 0.15) is 175 Å². The number of rotatable bonds is 11. The molecule has 1 aromatic rings. The van der Waals surface area contributed by atoms with Crippen molar-refractivity contribution in [1.82, 2.24) is 60.0 Å². The number of likely N-dealkylation sites (N-methyl/N-ethyl adjacent to an activating group) is 7. The molecule has 3 N–H and O–H groups in total. The number of halogens is 4. The standard InChI is InChI=1S/C70H108F4N12O12/c1-43(2)35-52-61(91)76-60(45(5)6)67(97)80(9)41-58(89)78(7)42-59(90)82(11)54(38-46-23-16-14-17-24-46)64(94)79(8)40-56(87)75-50(29-27-47-26-28-48(49(71)37-47)70(72,73)74)63(93)86-34-22-25-51(86)62(92)77-69(30-18-19-31-69)68(98)84(13)53(36-44(3)4)65(95)83(12)55(39-57(88)81(52)10)66(96)85-32-20-15-21-33-85/h26,28,37,43-46,50-55,60H,14-25,27,29-36,38-42H2,1-13H3,(H,75,87)(H,76,91)(H,77,92)/t50-,51?,52-,53-,54-,55-,60-/m0/s1. The van der Waals surface area contributed by atoms with E-state index in [1.807, 2.05) is 27.7 Å². The van der Waals surface area contributed by atoms with Crippen LogP contribution in [-0.2, 0) is 70.1 Å². The van der Waals surface area contributed by atoms with Crippen molar-refractivity contribution in [3.05, 3.63) is 35.1 Å². The fourth-order valence-corrected chi connectivity index (χ4v) is 14.5. The van der Waals surface area contributed by atoms with E-state index in [1.54, 1.807) is 18.7 Å². The Kier molecular flexibility index (Phi) is 28.5. The second-order valence-electron chi connectivity index (χ2n) is 29.3. The lowest BCUT2D eigenvalue weighted by molar-refractivity contribution is -0.155. The molecule has 7 atom stereocenters. The van der Waals surface area contributed by atoms with Crippen molar-refractivity contribution in [3.63, 3.8) is 0 Å². The molecule has 98 heavy (non-hydrogen) atoms. The van der Waals surface area contributed by atoms with Gasteiger partial charge in [0.25, 0.3) is 0 Å². The van der Waals surface area contributed by atoms with Gasteiger partial charge in [0.05, 0.1) is 31.6 Å². The number of hydrogen-bond donors (Lipinski definition) is 3. The van der Waals surface area contributed by atoms with E-state index < -0.39 is 168 Å². The molecule has 0 radical (unpaired) electrons. The third-order valence-electron chi connectivity index (χ3n) is 20.5. The van der Waals surface area contributed by atoms with E-state index >= 15 is 23.6 Å². The SMILES string of the molecule is CC(C)C[C@H]1C(=O)N[C@@H](C(C)C)C(=O)N(C)CC(=O)N(C)CC(=O)N(C)[C@@H](CC2CCCCC2)C(=O)N(C)CC(=O)N[C@@H](CCc2ccc(C(F)(F)F)c(F)c2)C(=O)N2CCCC2C(=O)NC2(CCCC2)C(=O)N(C)[C@@H](CC(C)C)C(=O)N(C)[C@H](C(=O)N2CCCCC2)CC(=O)N1C. The molecular weight excluding hydrogens is 1280 g/mol. The number of nitrogens with one attached hydrogen (secondary N) is 3. The molecule has 1 unspecified atom stereocenters. The number of amides is 12. The second kappa shape index (κ2) is 35.1. The van der Waals surface area contributed by atoms with Gasteiger partial charge < -0.3 is 60.0 Å². The van der Waals surface area contributed by atoms with E-state index in [-0.39, 0.29) is 81.2 Å². The van der Waals surface area contributed by atoms with Gasteiger partial charge >= 0.3 is 6.18 Å². The van der Waals surface area contributed by atoms with Crippen LogP contribution in [0, 0.1) is 29.5 Å². The summed E-state index contributed by atoms with van der Waals surface area (Å²) in [4.78, 5) is 189. The van der Waals surface area contributed by atoms with Crippen LogP contribution in [0.5, 0.6) is 0 Å². The Morgan fingerprint density at radius 1 is 0.582 bits per heavy atom. The summed E-state index contributed by atoms with van der Waals surface area (Å²) >= 11 is 0. The Morgan fingerprint density at radius 3 is 1.76 bits per heavy atom. The van der Waals surface area contributed by atoms with Gasteiger partial charge in [0.15, 0.2) is 0 Å². The summed E-state index contributed by atoms with van der Waals surface area (Å²) in [5, 5.41) is 8.54. The normalized spacial score (nSPS) is 25.9. The third kappa shape index (κ3) is 20.4. The highest BCUT2D eigenvalue weighted by molar-refractivity contribution is 6.00. The minimum Gasteiger partial charge on any atom is -0.343 e. The highest BCUT2D eigenvalue weighted by Crippen LogP contribution is 2.36.